The van der Waals surface area contributed by atoms with E-state index in [1.807, 2.05) is 0 Å². The predicted octanol–water partition coefficient (Wildman–Crippen LogP) is 0.988. The summed E-state index contributed by atoms with van der Waals surface area (Å²) in [5.41, 5.74) is 5.53. The fourth-order valence-electron chi connectivity index (χ4n) is 1.32. The highest BCUT2D eigenvalue weighted by atomic mass is 16.6. The second-order valence-corrected chi connectivity index (χ2v) is 3.09. The van der Waals surface area contributed by atoms with Crippen molar-refractivity contribution in [2.75, 3.05) is 0 Å². The second kappa shape index (κ2) is 4.05. The normalized spacial score (nSPS) is 12.1. The Hall–Kier alpha value is -1.95. The van der Waals surface area contributed by atoms with Gasteiger partial charge in [-0.1, -0.05) is 12.1 Å². The number of nitro benzene ring substituents is 1. The number of hydrogen-bond donors (Lipinski definition) is 2. The van der Waals surface area contributed by atoms with Gasteiger partial charge in [0.05, 0.1) is 10.5 Å². The average Bonchev–Trinajstić information content (AvgIpc) is 2.15. The Kier molecular flexibility index (Phi) is 3.01. The van der Waals surface area contributed by atoms with Crippen LogP contribution >= 0.6 is 0 Å². The summed E-state index contributed by atoms with van der Waals surface area (Å²) in [7, 11) is 0. The molecular formula is C9H10N2O4. The van der Waals surface area contributed by atoms with E-state index in [0.29, 0.717) is 5.56 Å². The summed E-state index contributed by atoms with van der Waals surface area (Å²) < 4.78 is 0. The van der Waals surface area contributed by atoms with Crippen molar-refractivity contribution < 1.29 is 14.8 Å². The molecule has 0 saturated heterocycles. The van der Waals surface area contributed by atoms with Crippen molar-refractivity contribution in [1.82, 2.24) is 0 Å². The minimum atomic E-state index is -1.37. The van der Waals surface area contributed by atoms with E-state index in [-0.39, 0.29) is 11.3 Å². The molecule has 1 atom stereocenters. The van der Waals surface area contributed by atoms with Crippen molar-refractivity contribution in [3.05, 3.63) is 39.4 Å². The molecule has 0 heterocycles. The summed E-state index contributed by atoms with van der Waals surface area (Å²) in [4.78, 5) is 20.7. The molecule has 0 amide bonds. The number of aryl methyl sites for hydroxylation is 1. The van der Waals surface area contributed by atoms with Gasteiger partial charge in [0.15, 0.2) is 0 Å². The van der Waals surface area contributed by atoms with E-state index in [2.05, 4.69) is 0 Å². The van der Waals surface area contributed by atoms with Gasteiger partial charge < -0.3 is 10.8 Å². The molecule has 6 nitrogen and oxygen atoms in total. The van der Waals surface area contributed by atoms with Crippen LogP contribution in [-0.2, 0) is 4.79 Å². The molecule has 0 unspecified atom stereocenters. The summed E-state index contributed by atoms with van der Waals surface area (Å²) in [6.45, 7) is 1.54. The number of aliphatic carboxylic acids is 1. The molecule has 0 radical (unpaired) electrons. The Labute approximate surface area is 85.5 Å². The van der Waals surface area contributed by atoms with Gasteiger partial charge in [0.2, 0.25) is 0 Å². The van der Waals surface area contributed by atoms with Gasteiger partial charge >= 0.3 is 5.97 Å². The maximum Gasteiger partial charge on any atom is 0.325 e. The molecule has 1 rings (SSSR count). The minimum absolute atomic E-state index is 0.0208. The van der Waals surface area contributed by atoms with Gasteiger partial charge in [-0.05, 0) is 13.0 Å². The lowest BCUT2D eigenvalue weighted by Crippen LogP contribution is -2.22. The van der Waals surface area contributed by atoms with Crippen LogP contribution in [0.4, 0.5) is 5.69 Å². The van der Waals surface area contributed by atoms with Crippen LogP contribution in [0.2, 0.25) is 0 Å². The zero-order valence-corrected chi connectivity index (χ0v) is 8.01. The lowest BCUT2D eigenvalue weighted by molar-refractivity contribution is -0.386. The highest BCUT2D eigenvalue weighted by Crippen LogP contribution is 2.27. The maximum atomic E-state index is 10.7. The van der Waals surface area contributed by atoms with Crippen LogP contribution < -0.4 is 5.73 Å². The van der Waals surface area contributed by atoms with Gasteiger partial charge in [0, 0.05) is 5.56 Å². The largest absolute Gasteiger partial charge is 0.480 e. The molecule has 0 fully saturated rings. The summed E-state index contributed by atoms with van der Waals surface area (Å²) in [5, 5.41) is 19.4. The van der Waals surface area contributed by atoms with E-state index in [1.165, 1.54) is 19.1 Å². The SMILES string of the molecule is Cc1cccc([C@H](N)C(=O)O)c1[N+](=O)[O-]. The van der Waals surface area contributed by atoms with Crippen molar-refractivity contribution in [3.8, 4) is 0 Å². The molecule has 3 N–H and O–H groups in total. The smallest absolute Gasteiger partial charge is 0.325 e. The second-order valence-electron chi connectivity index (χ2n) is 3.09. The van der Waals surface area contributed by atoms with Gasteiger partial charge in [0.25, 0.3) is 5.69 Å². The Morgan fingerprint density at radius 2 is 2.20 bits per heavy atom. The van der Waals surface area contributed by atoms with E-state index in [0.717, 1.165) is 0 Å². The molecule has 0 aliphatic heterocycles. The van der Waals surface area contributed by atoms with Gasteiger partial charge in [-0.3, -0.25) is 14.9 Å². The lowest BCUT2D eigenvalue weighted by atomic mass is 10.0. The van der Waals surface area contributed by atoms with Crippen LogP contribution in [0.1, 0.15) is 17.2 Å². The molecule has 1 aromatic rings. The number of carboxylic acid groups (broad SMARTS) is 1. The molecule has 0 aliphatic rings. The number of nitrogens with two attached hydrogens (primary N) is 1. The Bertz CT molecular complexity index is 417. The van der Waals surface area contributed by atoms with Gasteiger partial charge in [0.1, 0.15) is 6.04 Å². The zero-order valence-electron chi connectivity index (χ0n) is 8.01. The number of hydrogen-bond acceptors (Lipinski definition) is 4. The third-order valence-corrected chi connectivity index (χ3v) is 2.05. The highest BCUT2D eigenvalue weighted by Gasteiger charge is 2.25. The molecule has 0 aromatic heterocycles. The number of rotatable bonds is 3. The number of nitro groups is 1. The molecule has 6 heteroatoms. The number of carboxylic acids is 1. The van der Waals surface area contributed by atoms with E-state index < -0.39 is 16.9 Å². The summed E-state index contributed by atoms with van der Waals surface area (Å²) in [6.07, 6.45) is 0. The van der Waals surface area contributed by atoms with Crippen molar-refractivity contribution in [1.29, 1.82) is 0 Å². The summed E-state index contributed by atoms with van der Waals surface area (Å²) in [5.74, 6) is -1.29. The number of nitrogens with zero attached hydrogens (tertiary/aromatic N) is 1. The standard InChI is InChI=1S/C9H10N2O4/c1-5-3-2-4-6(7(10)9(12)13)8(5)11(14)15/h2-4,7H,10H2,1H3,(H,12,13)/t7-/m0/s1. The Morgan fingerprint density at radius 3 is 2.67 bits per heavy atom. The lowest BCUT2D eigenvalue weighted by Gasteiger charge is -2.08. The van der Waals surface area contributed by atoms with Crippen LogP contribution in [-0.4, -0.2) is 16.0 Å². The fraction of sp³-hybridized carbons (Fsp3) is 0.222. The minimum Gasteiger partial charge on any atom is -0.480 e. The highest BCUT2D eigenvalue weighted by molar-refractivity contribution is 5.77. The van der Waals surface area contributed by atoms with E-state index in [9.17, 15) is 14.9 Å². The molecule has 0 bridgehead atoms. The molecule has 1 aromatic carbocycles. The zero-order chi connectivity index (χ0) is 11.6. The van der Waals surface area contributed by atoms with Crippen molar-refractivity contribution in [2.24, 2.45) is 5.73 Å². The molecule has 80 valence electrons. The van der Waals surface area contributed by atoms with E-state index >= 15 is 0 Å². The Balaban J connectivity index is 3.35. The first-order valence-corrected chi connectivity index (χ1v) is 4.17. The molecule has 0 spiro atoms. The first kappa shape index (κ1) is 11.1. The monoisotopic (exact) mass is 210 g/mol. The van der Waals surface area contributed by atoms with E-state index in [1.54, 1.807) is 6.07 Å². The van der Waals surface area contributed by atoms with E-state index in [4.69, 9.17) is 10.8 Å². The van der Waals surface area contributed by atoms with Crippen LogP contribution in [0.3, 0.4) is 0 Å². The first-order chi connectivity index (χ1) is 6.95. The van der Waals surface area contributed by atoms with Crippen molar-refractivity contribution in [2.45, 2.75) is 13.0 Å². The Morgan fingerprint density at radius 1 is 1.60 bits per heavy atom. The predicted molar refractivity (Wildman–Crippen MR) is 52.4 cm³/mol. The fourth-order valence-corrected chi connectivity index (χ4v) is 1.32. The summed E-state index contributed by atoms with van der Waals surface area (Å²) >= 11 is 0. The third kappa shape index (κ3) is 2.10. The van der Waals surface area contributed by atoms with Crippen LogP contribution in [0.25, 0.3) is 0 Å². The van der Waals surface area contributed by atoms with Crippen molar-refractivity contribution in [3.63, 3.8) is 0 Å². The van der Waals surface area contributed by atoms with Crippen LogP contribution in [0.5, 0.6) is 0 Å². The van der Waals surface area contributed by atoms with Crippen LogP contribution in [0, 0.1) is 17.0 Å². The summed E-state index contributed by atoms with van der Waals surface area (Å²) in [6, 6.07) is 3.06. The molecule has 0 aliphatic carbocycles. The molecular weight excluding hydrogens is 200 g/mol. The van der Waals surface area contributed by atoms with Gasteiger partial charge in [-0.2, -0.15) is 0 Å². The van der Waals surface area contributed by atoms with Crippen LogP contribution in [0.15, 0.2) is 18.2 Å². The number of benzene rings is 1. The third-order valence-electron chi connectivity index (χ3n) is 2.05. The van der Waals surface area contributed by atoms with Gasteiger partial charge in [-0.25, -0.2) is 0 Å². The number of para-hydroxylation sites is 1. The van der Waals surface area contributed by atoms with Crippen molar-refractivity contribution >= 4 is 11.7 Å². The quantitative estimate of drug-likeness (QED) is 0.571. The maximum absolute atomic E-state index is 10.7. The number of carbonyl (C=O) groups is 1. The molecule has 0 saturated carbocycles. The first-order valence-electron chi connectivity index (χ1n) is 4.17. The van der Waals surface area contributed by atoms with Gasteiger partial charge in [-0.15, -0.1) is 0 Å². The average molecular weight is 210 g/mol. The molecule has 15 heavy (non-hydrogen) atoms. The topological polar surface area (TPSA) is 106 Å².